The zero-order valence-corrected chi connectivity index (χ0v) is 12.1. The lowest BCUT2D eigenvalue weighted by Crippen LogP contribution is -2.30. The van der Waals surface area contributed by atoms with Crippen molar-refractivity contribution in [1.82, 2.24) is 5.32 Å². The highest BCUT2D eigenvalue weighted by molar-refractivity contribution is 5.54. The number of anilines is 1. The van der Waals surface area contributed by atoms with Crippen molar-refractivity contribution >= 4 is 5.69 Å². The van der Waals surface area contributed by atoms with Crippen molar-refractivity contribution in [3.8, 4) is 0 Å². The van der Waals surface area contributed by atoms with Gasteiger partial charge >= 0.3 is 0 Å². The minimum Gasteiger partial charge on any atom is -0.395 e. The van der Waals surface area contributed by atoms with E-state index in [1.165, 1.54) is 6.07 Å². The molecule has 1 rings (SSSR count). The number of benzene rings is 1. The first-order valence-corrected chi connectivity index (χ1v) is 6.96. The first-order valence-electron chi connectivity index (χ1n) is 6.96. The maximum Gasteiger partial charge on any atom is 0.123 e. The third-order valence-corrected chi connectivity index (χ3v) is 2.95. The molecule has 0 aliphatic carbocycles. The zero-order valence-electron chi connectivity index (χ0n) is 12.1. The van der Waals surface area contributed by atoms with Crippen LogP contribution in [0, 0.1) is 5.82 Å². The van der Waals surface area contributed by atoms with E-state index in [0.29, 0.717) is 19.1 Å². The number of nitrogens with zero attached hydrogens (tertiary/aromatic N) is 1. The average Bonchev–Trinajstić information content (AvgIpc) is 2.36. The minimum absolute atomic E-state index is 0.106. The summed E-state index contributed by atoms with van der Waals surface area (Å²) < 4.78 is 13.4. The Morgan fingerprint density at radius 1 is 1.32 bits per heavy atom. The number of aliphatic hydroxyl groups excluding tert-OH is 1. The van der Waals surface area contributed by atoms with E-state index in [4.69, 9.17) is 5.11 Å². The number of rotatable bonds is 8. The molecular formula is C15H25FN2O. The molecule has 0 saturated carbocycles. The third-order valence-electron chi connectivity index (χ3n) is 2.95. The molecule has 3 nitrogen and oxygen atoms in total. The van der Waals surface area contributed by atoms with Gasteiger partial charge in [-0.25, -0.2) is 4.39 Å². The molecule has 0 atom stereocenters. The predicted molar refractivity (Wildman–Crippen MR) is 78.0 cm³/mol. The molecule has 2 N–H and O–H groups in total. The number of aliphatic hydroxyl groups is 1. The smallest absolute Gasteiger partial charge is 0.123 e. The lowest BCUT2D eigenvalue weighted by atomic mass is 10.1. The summed E-state index contributed by atoms with van der Waals surface area (Å²) in [5.74, 6) is -0.218. The Morgan fingerprint density at radius 3 is 2.63 bits per heavy atom. The van der Waals surface area contributed by atoms with Crippen LogP contribution in [0.2, 0.25) is 0 Å². The van der Waals surface area contributed by atoms with Crippen LogP contribution in [0.4, 0.5) is 10.1 Å². The van der Waals surface area contributed by atoms with Gasteiger partial charge in [-0.2, -0.15) is 0 Å². The van der Waals surface area contributed by atoms with Gasteiger partial charge in [0.05, 0.1) is 6.61 Å². The van der Waals surface area contributed by atoms with Crippen LogP contribution < -0.4 is 10.2 Å². The third kappa shape index (κ3) is 5.17. The number of hydrogen-bond donors (Lipinski definition) is 2. The van der Waals surface area contributed by atoms with E-state index in [0.717, 1.165) is 24.2 Å². The molecule has 1 aromatic rings. The summed E-state index contributed by atoms with van der Waals surface area (Å²) in [6, 6.07) is 5.21. The van der Waals surface area contributed by atoms with E-state index in [9.17, 15) is 4.39 Å². The summed E-state index contributed by atoms with van der Waals surface area (Å²) in [5.41, 5.74) is 1.95. The van der Waals surface area contributed by atoms with Gasteiger partial charge in [0.2, 0.25) is 0 Å². The minimum atomic E-state index is -0.218. The van der Waals surface area contributed by atoms with E-state index in [2.05, 4.69) is 31.0 Å². The van der Waals surface area contributed by atoms with Crippen molar-refractivity contribution in [3.05, 3.63) is 29.6 Å². The molecule has 0 aliphatic rings. The summed E-state index contributed by atoms with van der Waals surface area (Å²) in [7, 11) is 0. The number of nitrogens with one attached hydrogen (secondary N) is 1. The summed E-state index contributed by atoms with van der Waals surface area (Å²) in [4.78, 5) is 2.11. The highest BCUT2D eigenvalue weighted by Gasteiger charge is 2.11. The van der Waals surface area contributed by atoms with Crippen molar-refractivity contribution in [3.63, 3.8) is 0 Å². The second-order valence-corrected chi connectivity index (χ2v) is 5.02. The van der Waals surface area contributed by atoms with Gasteiger partial charge in [-0.15, -0.1) is 0 Å². The summed E-state index contributed by atoms with van der Waals surface area (Å²) >= 11 is 0. The molecule has 0 aromatic heterocycles. The monoisotopic (exact) mass is 268 g/mol. The second-order valence-electron chi connectivity index (χ2n) is 5.02. The number of halogens is 1. The van der Waals surface area contributed by atoms with Gasteiger partial charge in [0.25, 0.3) is 0 Å². The normalized spacial score (nSPS) is 11.1. The van der Waals surface area contributed by atoms with Crippen molar-refractivity contribution < 1.29 is 9.50 Å². The first-order chi connectivity index (χ1) is 9.08. The quantitative estimate of drug-likeness (QED) is 0.760. The Hall–Kier alpha value is -1.13. The van der Waals surface area contributed by atoms with Crippen molar-refractivity contribution in [1.29, 1.82) is 0 Å². The van der Waals surface area contributed by atoms with Crippen LogP contribution in [-0.2, 0) is 6.54 Å². The molecule has 0 amide bonds. The highest BCUT2D eigenvalue weighted by atomic mass is 19.1. The lowest BCUT2D eigenvalue weighted by molar-refractivity contribution is 0.301. The Morgan fingerprint density at radius 2 is 2.05 bits per heavy atom. The largest absolute Gasteiger partial charge is 0.395 e. The Labute approximate surface area is 115 Å². The predicted octanol–water partition coefficient (Wildman–Crippen LogP) is 2.53. The van der Waals surface area contributed by atoms with Gasteiger partial charge in [-0.1, -0.05) is 20.8 Å². The molecule has 0 radical (unpaired) electrons. The second kappa shape index (κ2) is 8.12. The van der Waals surface area contributed by atoms with Crippen molar-refractivity contribution in [2.45, 2.75) is 39.8 Å². The molecule has 0 unspecified atom stereocenters. The fourth-order valence-corrected chi connectivity index (χ4v) is 2.06. The molecule has 1 aromatic carbocycles. The molecule has 0 aliphatic heterocycles. The van der Waals surface area contributed by atoms with Gasteiger partial charge in [0, 0.05) is 31.4 Å². The lowest BCUT2D eigenvalue weighted by Gasteiger charge is -2.26. The van der Waals surface area contributed by atoms with Crippen molar-refractivity contribution in [2.75, 3.05) is 24.6 Å². The van der Waals surface area contributed by atoms with Gasteiger partial charge in [-0.3, -0.25) is 0 Å². The zero-order chi connectivity index (χ0) is 14.3. The molecule has 0 fully saturated rings. The molecule has 0 heterocycles. The van der Waals surface area contributed by atoms with E-state index >= 15 is 0 Å². The Bertz CT molecular complexity index is 376. The van der Waals surface area contributed by atoms with E-state index in [1.807, 2.05) is 0 Å². The van der Waals surface area contributed by atoms with Gasteiger partial charge in [0.15, 0.2) is 0 Å². The summed E-state index contributed by atoms with van der Waals surface area (Å²) in [5, 5.41) is 12.5. The highest BCUT2D eigenvalue weighted by Crippen LogP contribution is 2.22. The van der Waals surface area contributed by atoms with E-state index < -0.39 is 0 Å². The Kier molecular flexibility index (Phi) is 6.81. The molecule has 108 valence electrons. The maximum atomic E-state index is 13.4. The fourth-order valence-electron chi connectivity index (χ4n) is 2.06. The van der Waals surface area contributed by atoms with Crippen LogP contribution in [0.5, 0.6) is 0 Å². The van der Waals surface area contributed by atoms with Crippen LogP contribution in [0.1, 0.15) is 32.8 Å². The van der Waals surface area contributed by atoms with Gasteiger partial charge < -0.3 is 15.3 Å². The van der Waals surface area contributed by atoms with Crippen LogP contribution in [0.3, 0.4) is 0 Å². The average molecular weight is 268 g/mol. The van der Waals surface area contributed by atoms with E-state index in [1.54, 1.807) is 12.1 Å². The molecular weight excluding hydrogens is 243 g/mol. The fraction of sp³-hybridized carbons (Fsp3) is 0.600. The Balaban J connectivity index is 2.95. The van der Waals surface area contributed by atoms with Crippen LogP contribution in [0.25, 0.3) is 0 Å². The summed E-state index contributed by atoms with van der Waals surface area (Å²) in [6.07, 6.45) is 0.994. The van der Waals surface area contributed by atoms with Crippen LogP contribution >= 0.6 is 0 Å². The van der Waals surface area contributed by atoms with Gasteiger partial charge in [-0.05, 0) is 30.2 Å². The number of hydrogen-bond acceptors (Lipinski definition) is 3. The van der Waals surface area contributed by atoms with Gasteiger partial charge in [0.1, 0.15) is 5.82 Å². The van der Waals surface area contributed by atoms with Crippen molar-refractivity contribution in [2.24, 2.45) is 0 Å². The summed E-state index contributed by atoms with van der Waals surface area (Å²) in [6.45, 7) is 8.41. The van der Waals surface area contributed by atoms with E-state index in [-0.39, 0.29) is 12.4 Å². The molecule has 4 heteroatoms. The molecule has 0 saturated heterocycles. The van der Waals surface area contributed by atoms with Crippen LogP contribution in [-0.4, -0.2) is 30.8 Å². The molecule has 0 spiro atoms. The molecule has 0 bridgehead atoms. The SMILES string of the molecule is CCCN(CCO)c1ccc(F)cc1CNC(C)C. The molecule has 19 heavy (non-hydrogen) atoms. The topological polar surface area (TPSA) is 35.5 Å². The van der Waals surface area contributed by atoms with Crippen LogP contribution in [0.15, 0.2) is 18.2 Å². The standard InChI is InChI=1S/C15H25FN2O/c1-4-7-18(8-9-19)15-6-5-14(16)10-13(15)11-17-12(2)3/h5-6,10,12,17,19H,4,7-9,11H2,1-3H3. The maximum absolute atomic E-state index is 13.4. The first kappa shape index (κ1) is 15.9.